The number of benzene rings is 1. The molecule has 0 amide bonds. The van der Waals surface area contributed by atoms with Crippen molar-refractivity contribution in [1.29, 1.82) is 0 Å². The molecule has 0 spiro atoms. The zero-order chi connectivity index (χ0) is 14.4. The maximum absolute atomic E-state index is 5.79. The molecule has 2 rings (SSSR count). The van der Waals surface area contributed by atoms with Gasteiger partial charge in [-0.1, -0.05) is 5.16 Å². The van der Waals surface area contributed by atoms with Crippen LogP contribution in [0.3, 0.4) is 0 Å². The minimum absolute atomic E-state index is 0. The van der Waals surface area contributed by atoms with Gasteiger partial charge in [0.2, 0.25) is 0 Å². The van der Waals surface area contributed by atoms with E-state index in [4.69, 9.17) is 19.7 Å². The number of guanidine groups is 1. The van der Waals surface area contributed by atoms with Crippen LogP contribution in [0.4, 0.5) is 5.69 Å². The van der Waals surface area contributed by atoms with Crippen LogP contribution in [0, 0.1) is 0 Å². The molecule has 1 heterocycles. The Morgan fingerprint density at radius 1 is 1.29 bits per heavy atom. The average Bonchev–Trinajstić information content (AvgIpc) is 2.98. The van der Waals surface area contributed by atoms with E-state index in [9.17, 15) is 0 Å². The zero-order valence-corrected chi connectivity index (χ0v) is 14.0. The predicted molar refractivity (Wildman–Crippen MR) is 90.4 cm³/mol. The van der Waals surface area contributed by atoms with Gasteiger partial charge in [-0.15, -0.1) is 24.0 Å². The van der Waals surface area contributed by atoms with Crippen molar-refractivity contribution < 1.29 is 14.0 Å². The van der Waals surface area contributed by atoms with Gasteiger partial charge in [-0.05, 0) is 12.1 Å². The van der Waals surface area contributed by atoms with Gasteiger partial charge in [0.25, 0.3) is 0 Å². The highest BCUT2D eigenvalue weighted by molar-refractivity contribution is 14.0. The molecule has 0 saturated heterocycles. The van der Waals surface area contributed by atoms with Crippen LogP contribution < -0.4 is 20.5 Å². The highest BCUT2D eigenvalue weighted by Gasteiger charge is 2.05. The minimum atomic E-state index is 0. The molecule has 3 N–H and O–H groups in total. The largest absolute Gasteiger partial charge is 0.493 e. The van der Waals surface area contributed by atoms with E-state index in [1.807, 2.05) is 6.07 Å². The van der Waals surface area contributed by atoms with Crippen molar-refractivity contribution in [1.82, 2.24) is 5.16 Å². The first kappa shape index (κ1) is 17.1. The Kier molecular flexibility index (Phi) is 6.79. The molecule has 0 aliphatic heterocycles. The molecule has 114 valence electrons. The van der Waals surface area contributed by atoms with E-state index < -0.39 is 0 Å². The number of nitrogens with two attached hydrogens (primary N) is 1. The Bertz CT molecular complexity index is 587. The number of halogens is 1. The maximum atomic E-state index is 5.79. The second-order valence-corrected chi connectivity index (χ2v) is 3.89. The Balaban J connectivity index is 0.00000220. The molecule has 8 heteroatoms. The van der Waals surface area contributed by atoms with Gasteiger partial charge in [0, 0.05) is 17.8 Å². The molecule has 1 aromatic heterocycles. The van der Waals surface area contributed by atoms with E-state index in [2.05, 4.69) is 15.5 Å². The number of hydrogen-bond donors (Lipinski definition) is 2. The third-order valence-electron chi connectivity index (χ3n) is 2.56. The molecule has 21 heavy (non-hydrogen) atoms. The summed E-state index contributed by atoms with van der Waals surface area (Å²) in [6.07, 6.45) is 1.49. The Morgan fingerprint density at radius 2 is 2.05 bits per heavy atom. The van der Waals surface area contributed by atoms with Crippen LogP contribution in [0.5, 0.6) is 11.5 Å². The quantitative estimate of drug-likeness (QED) is 0.451. The lowest BCUT2D eigenvalue weighted by Gasteiger charge is -2.10. The van der Waals surface area contributed by atoms with E-state index in [-0.39, 0.29) is 29.9 Å². The Hall–Kier alpha value is -1.97. The number of anilines is 1. The molecule has 0 aliphatic carbocycles. The molecule has 0 radical (unpaired) electrons. The van der Waals surface area contributed by atoms with E-state index in [0.29, 0.717) is 23.7 Å². The number of ether oxygens (including phenoxy) is 2. The molecule has 0 unspecified atom stereocenters. The van der Waals surface area contributed by atoms with Crippen LogP contribution in [-0.2, 0) is 6.54 Å². The van der Waals surface area contributed by atoms with Gasteiger partial charge in [0.15, 0.2) is 17.5 Å². The van der Waals surface area contributed by atoms with E-state index in [1.165, 1.54) is 6.26 Å². The fourth-order valence-electron chi connectivity index (χ4n) is 1.59. The Labute approximate surface area is 139 Å². The molecule has 2 aromatic rings. The van der Waals surface area contributed by atoms with Crippen molar-refractivity contribution in [3.8, 4) is 11.5 Å². The van der Waals surface area contributed by atoms with Crippen molar-refractivity contribution >= 4 is 35.6 Å². The minimum Gasteiger partial charge on any atom is -0.493 e. The van der Waals surface area contributed by atoms with Gasteiger partial charge in [-0.25, -0.2) is 4.99 Å². The molecule has 1 aromatic carbocycles. The lowest BCUT2D eigenvalue weighted by molar-refractivity contribution is 0.355. The number of aliphatic imine (C=N–C) groups is 1. The number of rotatable bonds is 5. The smallest absolute Gasteiger partial charge is 0.193 e. The highest BCUT2D eigenvalue weighted by Crippen LogP contribution is 2.29. The number of aromatic nitrogens is 1. The summed E-state index contributed by atoms with van der Waals surface area (Å²) in [6, 6.07) is 7.11. The van der Waals surface area contributed by atoms with Gasteiger partial charge in [0.05, 0.1) is 20.8 Å². The fraction of sp³-hybridized carbons (Fsp3) is 0.231. The monoisotopic (exact) mass is 404 g/mol. The van der Waals surface area contributed by atoms with Crippen LogP contribution in [-0.4, -0.2) is 25.3 Å². The summed E-state index contributed by atoms with van der Waals surface area (Å²) in [5.41, 5.74) is 7.26. The van der Waals surface area contributed by atoms with Gasteiger partial charge in [-0.3, -0.25) is 0 Å². The molecule has 0 aliphatic rings. The fourth-order valence-corrected chi connectivity index (χ4v) is 1.59. The number of hydrogen-bond acceptors (Lipinski definition) is 5. The summed E-state index contributed by atoms with van der Waals surface area (Å²) in [5, 5.41) is 6.71. The third kappa shape index (κ3) is 4.81. The van der Waals surface area contributed by atoms with E-state index in [1.54, 1.807) is 32.4 Å². The second-order valence-electron chi connectivity index (χ2n) is 3.89. The van der Waals surface area contributed by atoms with Gasteiger partial charge in [0.1, 0.15) is 12.0 Å². The van der Waals surface area contributed by atoms with E-state index >= 15 is 0 Å². The molecule has 0 saturated carbocycles. The molecular formula is C13H17IN4O3. The predicted octanol–water partition coefficient (Wildman–Crippen LogP) is 2.24. The standard InChI is InChI=1S/C13H16N4O3.HI/c1-18-11-4-3-9(7-12(11)19-2)16-13(14)15-8-10-5-6-20-17-10;/h3-7H,8H2,1-2H3,(H3,14,15,16);1H. The highest BCUT2D eigenvalue weighted by atomic mass is 127. The van der Waals surface area contributed by atoms with Crippen molar-refractivity contribution in [3.05, 3.63) is 36.2 Å². The molecule has 0 bridgehead atoms. The first-order valence-corrected chi connectivity index (χ1v) is 5.91. The molecule has 7 nitrogen and oxygen atoms in total. The molecule has 0 fully saturated rings. The SMILES string of the molecule is COc1ccc(NC(N)=NCc2ccon2)cc1OC.I. The summed E-state index contributed by atoms with van der Waals surface area (Å²) in [6.45, 7) is 0.350. The van der Waals surface area contributed by atoms with Crippen molar-refractivity contribution in [2.24, 2.45) is 10.7 Å². The van der Waals surface area contributed by atoms with Crippen molar-refractivity contribution in [2.75, 3.05) is 19.5 Å². The van der Waals surface area contributed by atoms with Crippen molar-refractivity contribution in [3.63, 3.8) is 0 Å². The second kappa shape index (κ2) is 8.35. The van der Waals surface area contributed by atoms with Crippen LogP contribution in [0.25, 0.3) is 0 Å². The van der Waals surface area contributed by atoms with Gasteiger partial charge in [-0.2, -0.15) is 0 Å². The van der Waals surface area contributed by atoms with Gasteiger partial charge >= 0.3 is 0 Å². The first-order valence-electron chi connectivity index (χ1n) is 5.91. The van der Waals surface area contributed by atoms with Crippen LogP contribution in [0.1, 0.15) is 5.69 Å². The third-order valence-corrected chi connectivity index (χ3v) is 2.56. The normalized spacial score (nSPS) is 10.7. The number of nitrogens with one attached hydrogen (secondary N) is 1. The summed E-state index contributed by atoms with van der Waals surface area (Å²) in [7, 11) is 3.16. The molecular weight excluding hydrogens is 387 g/mol. The zero-order valence-electron chi connectivity index (χ0n) is 11.7. The summed E-state index contributed by atoms with van der Waals surface area (Å²) in [4.78, 5) is 4.15. The molecule has 0 atom stereocenters. The number of nitrogens with zero attached hydrogens (tertiary/aromatic N) is 2. The van der Waals surface area contributed by atoms with Crippen molar-refractivity contribution in [2.45, 2.75) is 6.54 Å². The topological polar surface area (TPSA) is 94.9 Å². The maximum Gasteiger partial charge on any atom is 0.193 e. The van der Waals surface area contributed by atoms with Crippen LogP contribution >= 0.6 is 24.0 Å². The summed E-state index contributed by atoms with van der Waals surface area (Å²) < 4.78 is 15.1. The average molecular weight is 404 g/mol. The number of methoxy groups -OCH3 is 2. The van der Waals surface area contributed by atoms with E-state index in [0.717, 1.165) is 5.69 Å². The van der Waals surface area contributed by atoms with Crippen LogP contribution in [0.2, 0.25) is 0 Å². The summed E-state index contributed by atoms with van der Waals surface area (Å²) in [5.74, 6) is 1.54. The lowest BCUT2D eigenvalue weighted by Crippen LogP contribution is -2.22. The lowest BCUT2D eigenvalue weighted by atomic mass is 10.3. The van der Waals surface area contributed by atoms with Crippen LogP contribution in [0.15, 0.2) is 40.0 Å². The van der Waals surface area contributed by atoms with Gasteiger partial charge < -0.3 is 25.0 Å². The summed E-state index contributed by atoms with van der Waals surface area (Å²) >= 11 is 0. The Morgan fingerprint density at radius 3 is 2.67 bits per heavy atom. The first-order chi connectivity index (χ1) is 9.72.